The molecule has 0 spiro atoms. The molecule has 0 amide bonds. The van der Waals surface area contributed by atoms with E-state index >= 15 is 0 Å². The van der Waals surface area contributed by atoms with E-state index in [1.807, 2.05) is 24.4 Å². The van der Waals surface area contributed by atoms with Gasteiger partial charge in [-0.2, -0.15) is 5.10 Å². The maximum atomic E-state index is 11.1. The van der Waals surface area contributed by atoms with Crippen LogP contribution in [-0.2, 0) is 5.41 Å². The topological polar surface area (TPSA) is 55.1 Å². The fraction of sp³-hybridized carbons (Fsp3) is 0.200. The molecule has 0 aliphatic carbocycles. The van der Waals surface area contributed by atoms with Crippen molar-refractivity contribution >= 4 is 5.97 Å². The van der Waals surface area contributed by atoms with Gasteiger partial charge in [0.25, 0.3) is 0 Å². The maximum absolute atomic E-state index is 11.1. The van der Waals surface area contributed by atoms with Crippen molar-refractivity contribution in [2.75, 3.05) is 0 Å². The molecule has 0 atom stereocenters. The molecule has 3 aromatic rings. The van der Waals surface area contributed by atoms with E-state index in [0.29, 0.717) is 0 Å². The Hall–Kier alpha value is -2.88. The molecule has 1 N–H and O–H groups in total. The fourth-order valence-electron chi connectivity index (χ4n) is 2.56. The van der Waals surface area contributed by atoms with Gasteiger partial charge in [-0.25, -0.2) is 9.48 Å². The lowest BCUT2D eigenvalue weighted by molar-refractivity contribution is 0.0697. The monoisotopic (exact) mass is 320 g/mol. The molecule has 122 valence electrons. The molecule has 0 saturated carbocycles. The normalized spacial score (nSPS) is 11.5. The van der Waals surface area contributed by atoms with Crippen molar-refractivity contribution in [2.24, 2.45) is 0 Å². The van der Waals surface area contributed by atoms with Crippen molar-refractivity contribution in [1.29, 1.82) is 0 Å². The van der Waals surface area contributed by atoms with Gasteiger partial charge in [-0.15, -0.1) is 0 Å². The Morgan fingerprint density at radius 1 is 1.04 bits per heavy atom. The minimum Gasteiger partial charge on any atom is -0.478 e. The number of benzene rings is 2. The van der Waals surface area contributed by atoms with Gasteiger partial charge in [-0.3, -0.25) is 0 Å². The van der Waals surface area contributed by atoms with Gasteiger partial charge in [0.1, 0.15) is 0 Å². The quantitative estimate of drug-likeness (QED) is 0.771. The van der Waals surface area contributed by atoms with Crippen molar-refractivity contribution < 1.29 is 9.90 Å². The number of hydrogen-bond donors (Lipinski definition) is 1. The summed E-state index contributed by atoms with van der Waals surface area (Å²) in [5, 5.41) is 13.5. The van der Waals surface area contributed by atoms with Crippen molar-refractivity contribution in [1.82, 2.24) is 9.78 Å². The van der Waals surface area contributed by atoms with Gasteiger partial charge in [-0.1, -0.05) is 45.0 Å². The Balaban J connectivity index is 1.91. The van der Waals surface area contributed by atoms with Gasteiger partial charge >= 0.3 is 5.97 Å². The third kappa shape index (κ3) is 3.23. The predicted molar refractivity (Wildman–Crippen MR) is 94.7 cm³/mol. The second kappa shape index (κ2) is 5.96. The zero-order chi connectivity index (χ0) is 17.3. The highest BCUT2D eigenvalue weighted by atomic mass is 16.4. The van der Waals surface area contributed by atoms with Crippen LogP contribution in [0.1, 0.15) is 36.7 Å². The van der Waals surface area contributed by atoms with Crippen LogP contribution in [0.15, 0.2) is 60.9 Å². The number of aromatic nitrogens is 2. The van der Waals surface area contributed by atoms with Crippen molar-refractivity contribution in [2.45, 2.75) is 26.2 Å². The van der Waals surface area contributed by atoms with E-state index in [4.69, 9.17) is 5.11 Å². The van der Waals surface area contributed by atoms with Crippen molar-refractivity contribution in [3.63, 3.8) is 0 Å². The molecule has 0 fully saturated rings. The van der Waals surface area contributed by atoms with E-state index in [1.54, 1.807) is 29.1 Å². The van der Waals surface area contributed by atoms with Gasteiger partial charge in [0.05, 0.1) is 17.4 Å². The van der Waals surface area contributed by atoms with Crippen LogP contribution in [-0.4, -0.2) is 20.9 Å². The summed E-state index contributed by atoms with van der Waals surface area (Å²) in [5.41, 5.74) is 4.36. The zero-order valence-electron chi connectivity index (χ0n) is 14.0. The van der Waals surface area contributed by atoms with E-state index in [9.17, 15) is 4.79 Å². The summed E-state index contributed by atoms with van der Waals surface area (Å²) in [6.45, 7) is 6.55. The first-order valence-corrected chi connectivity index (χ1v) is 7.84. The Labute approximate surface area is 141 Å². The molecule has 0 saturated heterocycles. The van der Waals surface area contributed by atoms with Gasteiger partial charge in [0, 0.05) is 11.8 Å². The summed E-state index contributed by atoms with van der Waals surface area (Å²) < 4.78 is 1.80. The molecule has 0 bridgehead atoms. The summed E-state index contributed by atoms with van der Waals surface area (Å²) in [6.07, 6.45) is 3.66. The number of carboxylic acid groups (broad SMARTS) is 1. The molecule has 4 nitrogen and oxygen atoms in total. The summed E-state index contributed by atoms with van der Waals surface area (Å²) >= 11 is 0. The van der Waals surface area contributed by atoms with Crippen LogP contribution >= 0.6 is 0 Å². The Morgan fingerprint density at radius 2 is 1.75 bits per heavy atom. The number of carbonyl (C=O) groups is 1. The summed E-state index contributed by atoms with van der Waals surface area (Å²) in [5.74, 6) is -0.929. The number of hydrogen-bond acceptors (Lipinski definition) is 2. The van der Waals surface area contributed by atoms with Gasteiger partial charge in [0.2, 0.25) is 0 Å². The van der Waals surface area contributed by atoms with E-state index < -0.39 is 5.97 Å². The van der Waals surface area contributed by atoms with Crippen LogP contribution < -0.4 is 0 Å². The summed E-state index contributed by atoms with van der Waals surface area (Å²) in [7, 11) is 0. The molecule has 0 aliphatic heterocycles. The first-order valence-electron chi connectivity index (χ1n) is 7.84. The molecule has 24 heavy (non-hydrogen) atoms. The molecule has 0 unspecified atom stereocenters. The van der Waals surface area contributed by atoms with Crippen LogP contribution in [0.5, 0.6) is 0 Å². The van der Waals surface area contributed by atoms with Crippen molar-refractivity contribution in [3.05, 3.63) is 72.1 Å². The Kier molecular flexibility index (Phi) is 3.97. The minimum absolute atomic E-state index is 0.116. The molecule has 0 radical (unpaired) electrons. The summed E-state index contributed by atoms with van der Waals surface area (Å²) in [4.78, 5) is 11.1. The molecule has 3 rings (SSSR count). The second-order valence-electron chi connectivity index (χ2n) is 6.86. The van der Waals surface area contributed by atoms with Crippen LogP contribution in [0.4, 0.5) is 0 Å². The molecule has 1 heterocycles. The average molecular weight is 320 g/mol. The highest BCUT2D eigenvalue weighted by molar-refractivity contribution is 5.89. The highest BCUT2D eigenvalue weighted by Crippen LogP contribution is 2.24. The lowest BCUT2D eigenvalue weighted by Gasteiger charge is -2.19. The van der Waals surface area contributed by atoms with Crippen LogP contribution in [0, 0.1) is 0 Å². The fourth-order valence-corrected chi connectivity index (χ4v) is 2.56. The Morgan fingerprint density at radius 3 is 2.38 bits per heavy atom. The number of carboxylic acids is 1. The summed E-state index contributed by atoms with van der Waals surface area (Å²) in [6, 6.07) is 15.2. The average Bonchev–Trinajstić information content (AvgIpc) is 3.04. The van der Waals surface area contributed by atoms with Gasteiger partial charge in [0.15, 0.2) is 0 Å². The van der Waals surface area contributed by atoms with Gasteiger partial charge in [-0.05, 0) is 40.8 Å². The van der Waals surface area contributed by atoms with Crippen LogP contribution in [0.25, 0.3) is 16.8 Å². The van der Waals surface area contributed by atoms with E-state index in [0.717, 1.165) is 16.8 Å². The number of nitrogens with zero attached hydrogens (tertiary/aromatic N) is 2. The zero-order valence-corrected chi connectivity index (χ0v) is 14.0. The third-order valence-corrected chi connectivity index (χ3v) is 4.02. The SMILES string of the molecule is CC(C)(C)c1ccc(-n2cc(-c3cccc(C(=O)O)c3)cn2)cc1. The number of aromatic carboxylic acids is 1. The van der Waals surface area contributed by atoms with E-state index in [1.165, 1.54) is 5.56 Å². The third-order valence-electron chi connectivity index (χ3n) is 4.02. The molecule has 1 aromatic heterocycles. The van der Waals surface area contributed by atoms with Crippen LogP contribution in [0.3, 0.4) is 0 Å². The molecular weight excluding hydrogens is 300 g/mol. The lowest BCUT2D eigenvalue weighted by Crippen LogP contribution is -2.10. The van der Waals surface area contributed by atoms with E-state index in [2.05, 4.69) is 38.0 Å². The molecular formula is C20H20N2O2. The Bertz CT molecular complexity index is 871. The predicted octanol–water partition coefficient (Wildman–Crippen LogP) is 4.54. The highest BCUT2D eigenvalue weighted by Gasteiger charge is 2.13. The second-order valence-corrected chi connectivity index (χ2v) is 6.86. The maximum Gasteiger partial charge on any atom is 0.335 e. The molecule has 4 heteroatoms. The minimum atomic E-state index is -0.929. The largest absolute Gasteiger partial charge is 0.478 e. The standard InChI is InChI=1S/C20H20N2O2/c1-20(2,3)17-7-9-18(10-8-17)22-13-16(12-21-22)14-5-4-6-15(11-14)19(23)24/h4-13H,1-3H3,(H,23,24). The first-order chi connectivity index (χ1) is 11.3. The van der Waals surface area contributed by atoms with Crippen LogP contribution in [0.2, 0.25) is 0 Å². The lowest BCUT2D eigenvalue weighted by atomic mass is 9.87. The first kappa shape index (κ1) is 16.0. The van der Waals surface area contributed by atoms with Gasteiger partial charge < -0.3 is 5.11 Å². The smallest absolute Gasteiger partial charge is 0.335 e. The molecule has 0 aliphatic rings. The molecule has 2 aromatic carbocycles. The number of rotatable bonds is 3. The van der Waals surface area contributed by atoms with E-state index in [-0.39, 0.29) is 11.0 Å². The van der Waals surface area contributed by atoms with Crippen molar-refractivity contribution in [3.8, 4) is 16.8 Å².